The van der Waals surface area contributed by atoms with Crippen LogP contribution in [-0.2, 0) is 12.3 Å². The molecule has 0 amide bonds. The van der Waals surface area contributed by atoms with Crippen molar-refractivity contribution in [2.75, 3.05) is 0 Å². The van der Waals surface area contributed by atoms with Gasteiger partial charge in [0.25, 0.3) is 5.69 Å². The minimum atomic E-state index is -0.455. The molecule has 9 nitrogen and oxygen atoms in total. The van der Waals surface area contributed by atoms with E-state index in [2.05, 4.69) is 26.4 Å². The molecule has 2 aromatic carbocycles. The van der Waals surface area contributed by atoms with E-state index < -0.39 is 4.92 Å². The Kier molecular flexibility index (Phi) is 5.57. The van der Waals surface area contributed by atoms with Crippen molar-refractivity contribution in [1.82, 2.24) is 24.9 Å². The molecule has 0 saturated carbocycles. The average molecular weight is 422 g/mol. The number of non-ortho nitro benzene ring substituents is 1. The number of aryl methyl sites for hydroxylation is 1. The molecule has 4 rings (SSSR count). The average Bonchev–Trinajstić information content (AvgIpc) is 3.39. The molecular weight excluding hydrogens is 404 g/mol. The lowest BCUT2D eigenvalue weighted by molar-refractivity contribution is -0.384. The van der Waals surface area contributed by atoms with Crippen LogP contribution >= 0.6 is 11.8 Å². The fourth-order valence-corrected chi connectivity index (χ4v) is 3.83. The quantitative estimate of drug-likeness (QED) is 0.243. The lowest BCUT2D eigenvalue weighted by Crippen LogP contribution is -2.00. The topological polar surface area (TPSA) is 113 Å². The molecular formula is C20H18N6O3S. The fraction of sp³-hybridized carbons (Fsp3) is 0.200. The third-order valence-corrected chi connectivity index (χ3v) is 5.37. The van der Waals surface area contributed by atoms with Gasteiger partial charge in [-0.05, 0) is 19.9 Å². The van der Waals surface area contributed by atoms with E-state index in [1.807, 2.05) is 36.6 Å². The Bertz CT molecular complexity index is 1200. The molecule has 0 saturated heterocycles. The van der Waals surface area contributed by atoms with Crippen LogP contribution in [0.15, 0.2) is 58.2 Å². The summed E-state index contributed by atoms with van der Waals surface area (Å²) in [4.78, 5) is 14.9. The van der Waals surface area contributed by atoms with Crippen molar-refractivity contribution in [1.29, 1.82) is 0 Å². The number of nitrogens with zero attached hydrogens (tertiary/aromatic N) is 6. The summed E-state index contributed by atoms with van der Waals surface area (Å²) in [7, 11) is 0. The molecule has 152 valence electrons. The van der Waals surface area contributed by atoms with Gasteiger partial charge in [0.1, 0.15) is 0 Å². The normalized spacial score (nSPS) is 11.0. The van der Waals surface area contributed by atoms with Crippen LogP contribution in [-0.4, -0.2) is 29.8 Å². The maximum absolute atomic E-state index is 11.0. The first-order valence-electron chi connectivity index (χ1n) is 9.25. The van der Waals surface area contributed by atoms with Gasteiger partial charge in [-0.2, -0.15) is 4.98 Å². The number of nitro groups is 1. The lowest BCUT2D eigenvalue weighted by atomic mass is 10.1. The van der Waals surface area contributed by atoms with Gasteiger partial charge in [-0.25, -0.2) is 0 Å². The zero-order valence-electron chi connectivity index (χ0n) is 16.3. The number of thioether (sulfide) groups is 1. The Morgan fingerprint density at radius 2 is 1.93 bits per heavy atom. The van der Waals surface area contributed by atoms with Gasteiger partial charge in [0, 0.05) is 29.8 Å². The van der Waals surface area contributed by atoms with E-state index >= 15 is 0 Å². The monoisotopic (exact) mass is 422 g/mol. The number of aromatic nitrogens is 5. The standard InChI is InChI=1S/C20H18N6O3S/c1-3-25-19(15-8-4-6-13(2)10-15)22-23-20(25)30-12-17-21-18(24-29-17)14-7-5-9-16(11-14)26(27)28/h4-11H,3,12H2,1-2H3. The predicted molar refractivity (Wildman–Crippen MR) is 112 cm³/mol. The first-order valence-corrected chi connectivity index (χ1v) is 10.2. The highest BCUT2D eigenvalue weighted by atomic mass is 32.2. The van der Waals surface area contributed by atoms with Crippen molar-refractivity contribution in [2.24, 2.45) is 0 Å². The highest BCUT2D eigenvalue weighted by molar-refractivity contribution is 7.98. The Labute approximate surface area is 176 Å². The van der Waals surface area contributed by atoms with E-state index in [0.717, 1.165) is 28.7 Å². The van der Waals surface area contributed by atoms with Gasteiger partial charge in [-0.1, -0.05) is 52.8 Å². The van der Waals surface area contributed by atoms with E-state index in [9.17, 15) is 10.1 Å². The zero-order chi connectivity index (χ0) is 21.1. The van der Waals surface area contributed by atoms with Gasteiger partial charge >= 0.3 is 0 Å². The van der Waals surface area contributed by atoms with Crippen molar-refractivity contribution in [3.8, 4) is 22.8 Å². The molecule has 2 heterocycles. The summed E-state index contributed by atoms with van der Waals surface area (Å²) in [6.45, 7) is 4.81. The SMILES string of the molecule is CCn1c(SCc2nc(-c3cccc([N+](=O)[O-])c3)no2)nnc1-c1cccc(C)c1. The molecule has 0 bridgehead atoms. The van der Waals surface area contributed by atoms with Crippen LogP contribution in [0.25, 0.3) is 22.8 Å². The van der Waals surface area contributed by atoms with Gasteiger partial charge in [0.05, 0.1) is 10.7 Å². The minimum absolute atomic E-state index is 0.0204. The largest absolute Gasteiger partial charge is 0.338 e. The molecule has 2 aromatic heterocycles. The van der Waals surface area contributed by atoms with Crippen molar-refractivity contribution < 1.29 is 9.45 Å². The van der Waals surface area contributed by atoms with Crippen LogP contribution in [0.2, 0.25) is 0 Å². The molecule has 0 aliphatic carbocycles. The van der Waals surface area contributed by atoms with Crippen molar-refractivity contribution >= 4 is 17.4 Å². The first-order chi connectivity index (χ1) is 14.5. The van der Waals surface area contributed by atoms with Crippen LogP contribution in [0.5, 0.6) is 0 Å². The molecule has 0 atom stereocenters. The second kappa shape index (κ2) is 8.46. The highest BCUT2D eigenvalue weighted by Gasteiger charge is 2.16. The van der Waals surface area contributed by atoms with Crippen LogP contribution in [0, 0.1) is 17.0 Å². The maximum Gasteiger partial charge on any atom is 0.270 e. The highest BCUT2D eigenvalue weighted by Crippen LogP contribution is 2.27. The zero-order valence-corrected chi connectivity index (χ0v) is 17.2. The molecule has 0 fully saturated rings. The maximum atomic E-state index is 11.0. The lowest BCUT2D eigenvalue weighted by Gasteiger charge is -2.07. The molecule has 10 heteroatoms. The van der Waals surface area contributed by atoms with E-state index in [4.69, 9.17) is 4.52 Å². The summed E-state index contributed by atoms with van der Waals surface area (Å²) in [5.74, 6) is 1.94. The molecule has 0 aliphatic heterocycles. The van der Waals surface area contributed by atoms with Crippen LogP contribution < -0.4 is 0 Å². The van der Waals surface area contributed by atoms with Crippen molar-refractivity contribution in [2.45, 2.75) is 31.3 Å². The van der Waals surface area contributed by atoms with E-state index in [1.165, 1.54) is 23.9 Å². The van der Waals surface area contributed by atoms with Gasteiger partial charge in [-0.15, -0.1) is 10.2 Å². The van der Waals surface area contributed by atoms with Crippen LogP contribution in [0.3, 0.4) is 0 Å². The van der Waals surface area contributed by atoms with Gasteiger partial charge in [0.15, 0.2) is 11.0 Å². The third-order valence-electron chi connectivity index (χ3n) is 4.42. The molecule has 0 aliphatic rings. The van der Waals surface area contributed by atoms with E-state index in [0.29, 0.717) is 23.0 Å². The summed E-state index contributed by atoms with van der Waals surface area (Å²) in [5, 5.41) is 24.3. The molecule has 0 unspecified atom stereocenters. The Hall–Kier alpha value is -3.53. The number of benzene rings is 2. The Morgan fingerprint density at radius 3 is 2.70 bits per heavy atom. The van der Waals surface area contributed by atoms with Crippen molar-refractivity contribution in [3.63, 3.8) is 0 Å². The summed E-state index contributed by atoms with van der Waals surface area (Å²) >= 11 is 1.45. The van der Waals surface area contributed by atoms with Crippen LogP contribution in [0.4, 0.5) is 5.69 Å². The summed E-state index contributed by atoms with van der Waals surface area (Å²) < 4.78 is 7.35. The second-order valence-corrected chi connectivity index (χ2v) is 7.47. The van der Waals surface area contributed by atoms with E-state index in [1.54, 1.807) is 12.1 Å². The number of hydrogen-bond acceptors (Lipinski definition) is 8. The molecule has 30 heavy (non-hydrogen) atoms. The van der Waals surface area contributed by atoms with E-state index in [-0.39, 0.29) is 5.69 Å². The first kappa shape index (κ1) is 19.8. The number of nitro benzene ring substituents is 1. The smallest absolute Gasteiger partial charge is 0.270 e. The van der Waals surface area contributed by atoms with Crippen LogP contribution in [0.1, 0.15) is 18.4 Å². The molecule has 0 spiro atoms. The fourth-order valence-electron chi connectivity index (χ4n) is 2.99. The van der Waals surface area contributed by atoms with Gasteiger partial charge in [0.2, 0.25) is 11.7 Å². The molecule has 0 radical (unpaired) electrons. The summed E-state index contributed by atoms with van der Waals surface area (Å²) in [6, 6.07) is 14.3. The predicted octanol–water partition coefficient (Wildman–Crippen LogP) is 4.52. The van der Waals surface area contributed by atoms with Crippen molar-refractivity contribution in [3.05, 3.63) is 70.1 Å². The number of hydrogen-bond donors (Lipinski definition) is 0. The Balaban J connectivity index is 1.51. The molecule has 0 N–H and O–H groups in total. The third kappa shape index (κ3) is 4.08. The number of rotatable bonds is 7. The van der Waals surface area contributed by atoms with Gasteiger partial charge in [-0.3, -0.25) is 10.1 Å². The second-order valence-electron chi connectivity index (χ2n) is 6.53. The summed E-state index contributed by atoms with van der Waals surface area (Å²) in [6.07, 6.45) is 0. The van der Waals surface area contributed by atoms with Gasteiger partial charge < -0.3 is 9.09 Å². The molecule has 4 aromatic rings. The Morgan fingerprint density at radius 1 is 1.13 bits per heavy atom. The minimum Gasteiger partial charge on any atom is -0.338 e. The summed E-state index contributed by atoms with van der Waals surface area (Å²) in [5.41, 5.74) is 2.68.